The summed E-state index contributed by atoms with van der Waals surface area (Å²) in [5.74, 6) is 0. The zero-order valence-electron chi connectivity index (χ0n) is 17.3. The summed E-state index contributed by atoms with van der Waals surface area (Å²) in [5.41, 5.74) is 5.84. The van der Waals surface area contributed by atoms with E-state index in [9.17, 15) is 0 Å². The Morgan fingerprint density at radius 3 is 2.25 bits per heavy atom. The van der Waals surface area contributed by atoms with E-state index in [1.165, 1.54) is 0 Å². The fourth-order valence-electron chi connectivity index (χ4n) is 3.65. The van der Waals surface area contributed by atoms with Gasteiger partial charge < -0.3 is 0 Å². The maximum absolute atomic E-state index is 5.01. The summed E-state index contributed by atoms with van der Waals surface area (Å²) < 4.78 is 0. The van der Waals surface area contributed by atoms with Gasteiger partial charge in [-0.3, -0.25) is 15.0 Å². The van der Waals surface area contributed by atoms with E-state index in [1.807, 2.05) is 60.8 Å². The van der Waals surface area contributed by atoms with Gasteiger partial charge >= 0.3 is 0 Å². The van der Waals surface area contributed by atoms with E-state index in [0.29, 0.717) is 6.54 Å². The molecule has 3 nitrogen and oxygen atoms in total. The first kappa shape index (κ1) is 21.8. The third kappa shape index (κ3) is 4.74. The number of aliphatic imine (C=N–C) groups is 1. The number of fused-ring (bicyclic) bond motifs is 1. The molecule has 0 aliphatic carbocycles. The van der Waals surface area contributed by atoms with Crippen LogP contribution in [0.5, 0.6) is 0 Å². The van der Waals surface area contributed by atoms with Gasteiger partial charge in [-0.2, -0.15) is 0 Å². The van der Waals surface area contributed by atoms with Gasteiger partial charge in [0.1, 0.15) is 0 Å². The Kier molecular flexibility index (Phi) is 6.99. The summed E-state index contributed by atoms with van der Waals surface area (Å²) in [5, 5.41) is 2.22. The van der Waals surface area contributed by atoms with Crippen LogP contribution in [0.1, 0.15) is 16.8 Å². The van der Waals surface area contributed by atoms with Crippen molar-refractivity contribution in [1.29, 1.82) is 0 Å². The van der Waals surface area contributed by atoms with Gasteiger partial charge in [-0.05, 0) is 18.2 Å². The second-order valence-corrected chi connectivity index (χ2v) is 7.21. The van der Waals surface area contributed by atoms with E-state index >= 15 is 0 Å². The minimum Gasteiger partial charge on any atom is -0.295 e. The molecule has 0 bridgehead atoms. The molecule has 5 rings (SSSR count). The smallest absolute Gasteiger partial charge is 0.0899 e. The maximum atomic E-state index is 5.01. The second kappa shape index (κ2) is 10.3. The third-order valence-electron chi connectivity index (χ3n) is 5.18. The Hall–Kier alpha value is -3.42. The van der Waals surface area contributed by atoms with Crippen molar-refractivity contribution >= 4 is 16.5 Å². The van der Waals surface area contributed by atoms with Gasteiger partial charge in [0.15, 0.2) is 0 Å². The fourth-order valence-corrected chi connectivity index (χ4v) is 3.65. The zero-order chi connectivity index (χ0) is 20.9. The van der Waals surface area contributed by atoms with Crippen LogP contribution >= 0.6 is 0 Å². The van der Waals surface area contributed by atoms with Crippen molar-refractivity contribution in [2.45, 2.75) is 6.54 Å². The van der Waals surface area contributed by atoms with Crippen LogP contribution in [0.25, 0.3) is 22.0 Å². The number of benzene rings is 3. The molecule has 0 aliphatic heterocycles. The van der Waals surface area contributed by atoms with Gasteiger partial charge in [-0.1, -0.05) is 83.2 Å². The molecule has 5 aromatic rings. The van der Waals surface area contributed by atoms with E-state index in [4.69, 9.17) is 4.99 Å². The summed E-state index contributed by atoms with van der Waals surface area (Å²) in [6.07, 6.45) is 3.61. The Labute approximate surface area is 202 Å². The molecule has 32 heavy (non-hydrogen) atoms. The number of hydrogen-bond donors (Lipinski definition) is 0. The van der Waals surface area contributed by atoms with Crippen molar-refractivity contribution in [1.82, 2.24) is 9.97 Å². The van der Waals surface area contributed by atoms with Crippen molar-refractivity contribution in [2.75, 3.05) is 0 Å². The predicted molar refractivity (Wildman–Crippen MR) is 126 cm³/mol. The van der Waals surface area contributed by atoms with Crippen LogP contribution in [0.3, 0.4) is 0 Å². The van der Waals surface area contributed by atoms with Crippen molar-refractivity contribution in [3.05, 3.63) is 132 Å². The number of rotatable bonds is 5. The monoisotopic (exact) mass is 593 g/mol. The molecule has 0 saturated carbocycles. The van der Waals surface area contributed by atoms with Crippen molar-refractivity contribution in [3.63, 3.8) is 0 Å². The van der Waals surface area contributed by atoms with Crippen LogP contribution in [0.15, 0.2) is 114 Å². The van der Waals surface area contributed by atoms with Crippen molar-refractivity contribution in [3.8, 4) is 11.3 Å². The first-order valence-corrected chi connectivity index (χ1v) is 10.2. The molecule has 3 aromatic carbocycles. The van der Waals surface area contributed by atoms with Crippen LogP contribution in [0, 0.1) is 6.07 Å². The molecule has 0 atom stereocenters. The minimum atomic E-state index is 0. The summed E-state index contributed by atoms with van der Waals surface area (Å²) >= 11 is 0. The molecular weight excluding hydrogens is 573 g/mol. The Bertz CT molecular complexity index is 1290. The molecule has 0 unspecified atom stereocenters. The zero-order valence-corrected chi connectivity index (χ0v) is 19.5. The molecule has 2 heterocycles. The van der Waals surface area contributed by atoms with Gasteiger partial charge in [0, 0.05) is 51.3 Å². The first-order chi connectivity index (χ1) is 15.4. The van der Waals surface area contributed by atoms with E-state index in [-0.39, 0.29) is 21.1 Å². The average Bonchev–Trinajstić information content (AvgIpc) is 2.86. The summed E-state index contributed by atoms with van der Waals surface area (Å²) in [4.78, 5) is 14.0. The Morgan fingerprint density at radius 1 is 0.719 bits per heavy atom. The first-order valence-electron chi connectivity index (χ1n) is 10.2. The Morgan fingerprint density at radius 2 is 1.50 bits per heavy atom. The quantitative estimate of drug-likeness (QED) is 0.182. The minimum absolute atomic E-state index is 0. The van der Waals surface area contributed by atoms with Crippen LogP contribution in [-0.2, 0) is 27.6 Å². The molecule has 0 fully saturated rings. The van der Waals surface area contributed by atoms with E-state index < -0.39 is 0 Å². The third-order valence-corrected chi connectivity index (χ3v) is 5.18. The summed E-state index contributed by atoms with van der Waals surface area (Å²) in [6.45, 7) is 0.542. The molecule has 0 spiro atoms. The predicted octanol–water partition coefficient (Wildman–Crippen LogP) is 6.13. The number of aromatic nitrogens is 2. The molecule has 158 valence electrons. The van der Waals surface area contributed by atoms with Gasteiger partial charge in [-0.25, -0.2) is 0 Å². The van der Waals surface area contributed by atoms with Crippen LogP contribution in [0.2, 0.25) is 0 Å². The molecule has 4 heteroatoms. The summed E-state index contributed by atoms with van der Waals surface area (Å²) in [6, 6.07) is 36.1. The van der Waals surface area contributed by atoms with Crippen LogP contribution in [0.4, 0.5) is 0 Å². The van der Waals surface area contributed by atoms with Gasteiger partial charge in [0.05, 0.1) is 11.4 Å². The maximum Gasteiger partial charge on any atom is 0.0899 e. The second-order valence-electron chi connectivity index (χ2n) is 7.21. The molecule has 2 aromatic heterocycles. The molecule has 0 radical (unpaired) electrons. The SMILES string of the molecule is [Pt].[c-]1c(-c2ccccn2)ccc2cccc(CN=C(c3ccccc3)c3ccccn3)c12. The fraction of sp³-hybridized carbons (Fsp3) is 0.0357. The number of nitrogens with zero attached hydrogens (tertiary/aromatic N) is 3. The average molecular weight is 594 g/mol. The van der Waals surface area contributed by atoms with Crippen molar-refractivity contribution < 1.29 is 21.1 Å². The van der Waals surface area contributed by atoms with Gasteiger partial charge in [0.2, 0.25) is 0 Å². The normalized spacial score (nSPS) is 11.2. The van der Waals surface area contributed by atoms with Crippen molar-refractivity contribution in [2.24, 2.45) is 4.99 Å². The topological polar surface area (TPSA) is 38.1 Å². The summed E-state index contributed by atoms with van der Waals surface area (Å²) in [7, 11) is 0. The van der Waals surface area contributed by atoms with Crippen LogP contribution < -0.4 is 0 Å². The molecule has 0 N–H and O–H groups in total. The largest absolute Gasteiger partial charge is 0.295 e. The Balaban J connectivity index is 0.00000245. The molecule has 0 aliphatic rings. The molecular formula is C28H20N3Pt-. The van der Waals surface area contributed by atoms with Gasteiger partial charge in [0.25, 0.3) is 0 Å². The molecule has 0 amide bonds. The number of hydrogen-bond acceptors (Lipinski definition) is 3. The van der Waals surface area contributed by atoms with Gasteiger partial charge in [-0.15, -0.1) is 23.6 Å². The van der Waals surface area contributed by atoms with Crippen LogP contribution in [-0.4, -0.2) is 15.7 Å². The standard InChI is InChI=1S/C28H20N3.Pt/c1-2-9-22(10-3-1)28(27-14-5-7-18-30-27)31-20-24-12-8-11-21-15-16-23(19-25(21)24)26-13-4-6-17-29-26;/h1-18H,20H2;/q-1;. The molecule has 0 saturated heterocycles. The van der Waals surface area contributed by atoms with E-state index in [2.05, 4.69) is 58.5 Å². The van der Waals surface area contributed by atoms with E-state index in [0.717, 1.165) is 44.6 Å². The number of pyridine rings is 2. The van der Waals surface area contributed by atoms with E-state index in [1.54, 1.807) is 6.20 Å².